The second-order valence-corrected chi connectivity index (χ2v) is 6.69. The van der Waals surface area contributed by atoms with Crippen LogP contribution in [0, 0.1) is 0 Å². The Morgan fingerprint density at radius 1 is 1.17 bits per heavy atom. The smallest absolute Gasteiger partial charge is 0.251 e. The minimum absolute atomic E-state index is 0.0333. The molecule has 5 nitrogen and oxygen atoms in total. The summed E-state index contributed by atoms with van der Waals surface area (Å²) in [5.41, 5.74) is 0.638. The van der Waals surface area contributed by atoms with Crippen LogP contribution in [0.5, 0.6) is 11.5 Å². The fraction of sp³-hybridized carbons (Fsp3) is 0.333. The van der Waals surface area contributed by atoms with Crippen molar-refractivity contribution in [2.75, 3.05) is 0 Å². The van der Waals surface area contributed by atoms with Gasteiger partial charge in [-0.1, -0.05) is 11.6 Å². The number of carbonyl (C=O) groups excluding carboxylic acids is 1. The zero-order valence-electron chi connectivity index (χ0n) is 13.0. The Balaban J connectivity index is 1.38. The summed E-state index contributed by atoms with van der Waals surface area (Å²) in [6.45, 7) is 0. The first-order valence-corrected chi connectivity index (χ1v) is 8.51. The van der Waals surface area contributed by atoms with E-state index in [9.17, 15) is 4.79 Å². The van der Waals surface area contributed by atoms with E-state index >= 15 is 0 Å². The summed E-state index contributed by atoms with van der Waals surface area (Å²) in [7, 11) is 0. The molecule has 2 aliphatic heterocycles. The first-order valence-electron chi connectivity index (χ1n) is 8.14. The summed E-state index contributed by atoms with van der Waals surface area (Å²) >= 11 is 5.75. The van der Waals surface area contributed by atoms with Crippen molar-refractivity contribution in [1.82, 2.24) is 15.6 Å². The summed E-state index contributed by atoms with van der Waals surface area (Å²) in [5.74, 6) is 1.22. The Morgan fingerprint density at radius 2 is 1.96 bits per heavy atom. The highest BCUT2D eigenvalue weighted by Crippen LogP contribution is 2.28. The molecule has 3 atom stereocenters. The number of ether oxygens (including phenoxy) is 1. The molecule has 3 heterocycles. The van der Waals surface area contributed by atoms with E-state index in [0.717, 1.165) is 12.8 Å². The van der Waals surface area contributed by atoms with Gasteiger partial charge in [-0.3, -0.25) is 4.79 Å². The number of aromatic nitrogens is 1. The van der Waals surface area contributed by atoms with Gasteiger partial charge in [0.1, 0.15) is 16.7 Å². The summed E-state index contributed by atoms with van der Waals surface area (Å²) in [6, 6.07) is 11.8. The molecule has 2 saturated heterocycles. The van der Waals surface area contributed by atoms with E-state index in [1.54, 1.807) is 42.6 Å². The van der Waals surface area contributed by atoms with E-state index in [2.05, 4.69) is 15.6 Å². The highest BCUT2D eigenvalue weighted by molar-refractivity contribution is 6.29. The lowest BCUT2D eigenvalue weighted by atomic mass is 9.95. The summed E-state index contributed by atoms with van der Waals surface area (Å²) in [4.78, 5) is 16.3. The fourth-order valence-corrected chi connectivity index (χ4v) is 3.58. The van der Waals surface area contributed by atoms with Crippen LogP contribution in [0.15, 0.2) is 42.6 Å². The minimum atomic E-state index is -0.0333. The zero-order valence-corrected chi connectivity index (χ0v) is 13.8. The van der Waals surface area contributed by atoms with Gasteiger partial charge in [-0.2, -0.15) is 0 Å². The number of nitrogens with zero attached hydrogens (tertiary/aromatic N) is 1. The van der Waals surface area contributed by atoms with Gasteiger partial charge in [-0.05, 0) is 55.7 Å². The number of hydrogen-bond donors (Lipinski definition) is 2. The number of benzene rings is 1. The molecule has 24 heavy (non-hydrogen) atoms. The predicted octanol–water partition coefficient (Wildman–Crippen LogP) is 3.15. The third-order valence-electron chi connectivity index (χ3n) is 4.67. The van der Waals surface area contributed by atoms with Crippen molar-refractivity contribution >= 4 is 17.5 Å². The highest BCUT2D eigenvalue weighted by Gasteiger charge is 2.39. The van der Waals surface area contributed by atoms with Crippen LogP contribution in [-0.2, 0) is 0 Å². The van der Waals surface area contributed by atoms with Crippen LogP contribution in [0.4, 0.5) is 0 Å². The molecule has 1 amide bonds. The maximum Gasteiger partial charge on any atom is 0.251 e. The monoisotopic (exact) mass is 343 g/mol. The SMILES string of the molecule is O=C(NC1CC2CCC1N2)c1ccc(Oc2ccc(Cl)nc2)cc1. The van der Waals surface area contributed by atoms with E-state index in [-0.39, 0.29) is 11.9 Å². The summed E-state index contributed by atoms with van der Waals surface area (Å²) in [6.07, 6.45) is 4.96. The second kappa shape index (κ2) is 6.42. The number of pyridine rings is 1. The molecule has 4 rings (SSSR count). The van der Waals surface area contributed by atoms with Gasteiger partial charge in [0, 0.05) is 23.7 Å². The van der Waals surface area contributed by atoms with Gasteiger partial charge in [0.05, 0.1) is 6.20 Å². The molecule has 0 radical (unpaired) electrons. The standard InChI is InChI=1S/C18H18ClN3O2/c19-17-8-6-14(10-20-17)24-13-4-1-11(2-5-13)18(23)22-16-9-12-3-7-15(16)21-12/h1-2,4-6,8,10,12,15-16,21H,3,7,9H2,(H,22,23). The average molecular weight is 344 g/mol. The van der Waals surface area contributed by atoms with Crippen molar-refractivity contribution in [3.63, 3.8) is 0 Å². The van der Waals surface area contributed by atoms with E-state index in [1.165, 1.54) is 6.42 Å². The van der Waals surface area contributed by atoms with E-state index in [1.807, 2.05) is 0 Å². The van der Waals surface area contributed by atoms with E-state index in [0.29, 0.717) is 34.3 Å². The zero-order chi connectivity index (χ0) is 16.5. The number of fused-ring (bicyclic) bond motifs is 2. The molecule has 2 aromatic rings. The lowest BCUT2D eigenvalue weighted by Gasteiger charge is -2.21. The van der Waals surface area contributed by atoms with Crippen LogP contribution in [0.2, 0.25) is 5.15 Å². The molecular formula is C18H18ClN3O2. The molecule has 2 fully saturated rings. The first-order chi connectivity index (χ1) is 11.7. The topological polar surface area (TPSA) is 63.2 Å². The molecule has 2 bridgehead atoms. The molecule has 0 saturated carbocycles. The van der Waals surface area contributed by atoms with Gasteiger partial charge in [0.25, 0.3) is 5.91 Å². The summed E-state index contributed by atoms with van der Waals surface area (Å²) in [5, 5.41) is 7.08. The van der Waals surface area contributed by atoms with Gasteiger partial charge in [-0.15, -0.1) is 0 Å². The van der Waals surface area contributed by atoms with E-state index in [4.69, 9.17) is 16.3 Å². The molecule has 0 spiro atoms. The number of rotatable bonds is 4. The van der Waals surface area contributed by atoms with E-state index < -0.39 is 0 Å². The molecule has 1 aromatic heterocycles. The first kappa shape index (κ1) is 15.4. The van der Waals surface area contributed by atoms with Crippen molar-refractivity contribution in [2.45, 2.75) is 37.4 Å². The normalized spacial score (nSPS) is 24.8. The maximum atomic E-state index is 12.4. The quantitative estimate of drug-likeness (QED) is 0.837. The van der Waals surface area contributed by atoms with Crippen LogP contribution in [0.3, 0.4) is 0 Å². The molecule has 3 unspecified atom stereocenters. The lowest BCUT2D eigenvalue weighted by molar-refractivity contribution is 0.0931. The Bertz CT molecular complexity index is 733. The molecule has 0 aliphatic carbocycles. The molecule has 2 N–H and O–H groups in total. The average Bonchev–Trinajstić information content (AvgIpc) is 3.20. The molecule has 6 heteroatoms. The van der Waals surface area contributed by atoms with Gasteiger partial charge < -0.3 is 15.4 Å². The lowest BCUT2D eigenvalue weighted by Crippen LogP contribution is -2.42. The molecule has 1 aromatic carbocycles. The van der Waals surface area contributed by atoms with Crippen molar-refractivity contribution in [2.24, 2.45) is 0 Å². The van der Waals surface area contributed by atoms with Crippen molar-refractivity contribution in [3.05, 3.63) is 53.3 Å². The van der Waals surface area contributed by atoms with Crippen LogP contribution in [-0.4, -0.2) is 29.0 Å². The van der Waals surface area contributed by atoms with Gasteiger partial charge in [0.2, 0.25) is 0 Å². The van der Waals surface area contributed by atoms with Crippen LogP contribution in [0.1, 0.15) is 29.6 Å². The van der Waals surface area contributed by atoms with Crippen LogP contribution in [0.25, 0.3) is 0 Å². The van der Waals surface area contributed by atoms with Crippen LogP contribution < -0.4 is 15.4 Å². The largest absolute Gasteiger partial charge is 0.456 e. The van der Waals surface area contributed by atoms with Crippen molar-refractivity contribution in [1.29, 1.82) is 0 Å². The maximum absolute atomic E-state index is 12.4. The molecule has 124 valence electrons. The minimum Gasteiger partial charge on any atom is -0.456 e. The fourth-order valence-electron chi connectivity index (χ4n) is 3.47. The molecular weight excluding hydrogens is 326 g/mol. The van der Waals surface area contributed by atoms with Gasteiger partial charge in [-0.25, -0.2) is 4.98 Å². The third kappa shape index (κ3) is 3.23. The Hall–Kier alpha value is -2.11. The van der Waals surface area contributed by atoms with Gasteiger partial charge in [0.15, 0.2) is 0 Å². The molecule has 2 aliphatic rings. The summed E-state index contributed by atoms with van der Waals surface area (Å²) < 4.78 is 5.68. The second-order valence-electron chi connectivity index (χ2n) is 6.31. The Labute approximate surface area is 145 Å². The number of nitrogens with one attached hydrogen (secondary N) is 2. The Morgan fingerprint density at radius 3 is 2.58 bits per heavy atom. The third-order valence-corrected chi connectivity index (χ3v) is 4.89. The van der Waals surface area contributed by atoms with Crippen molar-refractivity contribution in [3.8, 4) is 11.5 Å². The number of halogens is 1. The van der Waals surface area contributed by atoms with Crippen molar-refractivity contribution < 1.29 is 9.53 Å². The number of carbonyl (C=O) groups is 1. The van der Waals surface area contributed by atoms with Crippen LogP contribution >= 0.6 is 11.6 Å². The highest BCUT2D eigenvalue weighted by atomic mass is 35.5. The predicted molar refractivity (Wildman–Crippen MR) is 91.6 cm³/mol. The number of amides is 1. The Kier molecular flexibility index (Phi) is 4.12. The number of hydrogen-bond acceptors (Lipinski definition) is 4. The van der Waals surface area contributed by atoms with Gasteiger partial charge >= 0.3 is 0 Å².